The van der Waals surface area contributed by atoms with Gasteiger partial charge in [0.1, 0.15) is 18.1 Å². The average molecular weight is 293 g/mol. The lowest BCUT2D eigenvalue weighted by molar-refractivity contribution is 0.0768. The van der Waals surface area contributed by atoms with E-state index >= 15 is 0 Å². The van der Waals surface area contributed by atoms with Gasteiger partial charge in [0.25, 0.3) is 5.91 Å². The molecule has 0 unspecified atom stereocenters. The topological polar surface area (TPSA) is 45.3 Å². The molecule has 1 aromatic carbocycles. The quantitative estimate of drug-likeness (QED) is 0.920. The van der Waals surface area contributed by atoms with E-state index in [-0.39, 0.29) is 5.91 Å². The van der Waals surface area contributed by atoms with Crippen molar-refractivity contribution in [3.8, 4) is 5.75 Å². The lowest BCUT2D eigenvalue weighted by Gasteiger charge is -2.16. The second-order valence-electron chi connectivity index (χ2n) is 4.62. The minimum Gasteiger partial charge on any atom is -0.492 e. The van der Waals surface area contributed by atoms with Crippen LogP contribution < -0.4 is 4.74 Å². The lowest BCUT2D eigenvalue weighted by Crippen LogP contribution is -2.31. The Kier molecular flexibility index (Phi) is 4.69. The molecule has 1 N–H and O–H groups in total. The Hall–Kier alpha value is -1.94. The molecule has 0 spiro atoms. The monoisotopic (exact) mass is 292 g/mol. The van der Waals surface area contributed by atoms with E-state index in [0.717, 1.165) is 5.75 Å². The predicted molar refractivity (Wildman–Crippen MR) is 79.4 cm³/mol. The number of H-pyrrole nitrogens is 1. The van der Waals surface area contributed by atoms with Crippen LogP contribution >= 0.6 is 11.6 Å². The molecule has 1 amide bonds. The molecule has 0 bridgehead atoms. The summed E-state index contributed by atoms with van der Waals surface area (Å²) in [4.78, 5) is 16.5. The van der Waals surface area contributed by atoms with E-state index in [4.69, 9.17) is 16.3 Å². The number of hydrogen-bond donors (Lipinski definition) is 1. The van der Waals surface area contributed by atoms with Crippen molar-refractivity contribution >= 4 is 17.5 Å². The highest BCUT2D eigenvalue weighted by molar-refractivity contribution is 6.30. The number of aromatic nitrogens is 1. The van der Waals surface area contributed by atoms with Crippen LogP contribution in [0.15, 0.2) is 36.5 Å². The number of nitrogens with zero attached hydrogens (tertiary/aromatic N) is 1. The first-order valence-corrected chi connectivity index (χ1v) is 6.73. The number of ether oxygens (including phenoxy) is 1. The molecule has 0 saturated heterocycles. The second kappa shape index (κ2) is 6.48. The van der Waals surface area contributed by atoms with Crippen LogP contribution in [0.1, 0.15) is 16.1 Å². The van der Waals surface area contributed by atoms with Gasteiger partial charge in [-0.1, -0.05) is 29.3 Å². The number of likely N-dealkylation sites (N-methyl/N-ethyl adjacent to an activating group) is 1. The summed E-state index contributed by atoms with van der Waals surface area (Å²) < 4.78 is 5.59. The number of benzene rings is 1. The Morgan fingerprint density at radius 2 is 2.05 bits per heavy atom. The third-order valence-corrected chi connectivity index (χ3v) is 3.16. The molecular weight excluding hydrogens is 276 g/mol. The van der Waals surface area contributed by atoms with E-state index in [0.29, 0.717) is 23.9 Å². The molecule has 0 fully saturated rings. The predicted octanol–water partition coefficient (Wildman–Crippen LogP) is 3.13. The summed E-state index contributed by atoms with van der Waals surface area (Å²) in [5, 5.41) is 0.526. The maximum absolute atomic E-state index is 12.0. The Balaban J connectivity index is 1.81. The molecule has 0 aliphatic rings. The Bertz CT molecular complexity index is 578. The highest BCUT2D eigenvalue weighted by atomic mass is 35.5. The van der Waals surface area contributed by atoms with Crippen molar-refractivity contribution in [2.24, 2.45) is 0 Å². The van der Waals surface area contributed by atoms with E-state index < -0.39 is 0 Å². The average Bonchev–Trinajstić information content (AvgIpc) is 2.86. The fourth-order valence-electron chi connectivity index (χ4n) is 1.73. The summed E-state index contributed by atoms with van der Waals surface area (Å²) >= 11 is 5.78. The van der Waals surface area contributed by atoms with E-state index in [1.165, 1.54) is 5.56 Å². The van der Waals surface area contributed by atoms with Gasteiger partial charge in [0.2, 0.25) is 0 Å². The van der Waals surface area contributed by atoms with Gasteiger partial charge in [0.15, 0.2) is 0 Å². The standard InChI is InChI=1S/C15H17ClN2O2/c1-11-3-5-13(6-4-11)20-8-7-18(2)15(19)14-9-12(16)10-17-14/h3-6,9-10,17H,7-8H2,1-2H3. The van der Waals surface area contributed by atoms with Gasteiger partial charge in [-0.2, -0.15) is 0 Å². The number of carbonyl (C=O) groups excluding carboxylic acids is 1. The molecular formula is C15H17ClN2O2. The zero-order valence-corrected chi connectivity index (χ0v) is 12.3. The molecule has 20 heavy (non-hydrogen) atoms. The lowest BCUT2D eigenvalue weighted by atomic mass is 10.2. The Morgan fingerprint density at radius 1 is 1.35 bits per heavy atom. The van der Waals surface area contributed by atoms with Gasteiger partial charge in [-0.15, -0.1) is 0 Å². The van der Waals surface area contributed by atoms with Crippen LogP contribution in [0.5, 0.6) is 5.75 Å². The number of rotatable bonds is 5. The molecule has 2 rings (SSSR count). The van der Waals surface area contributed by atoms with Crippen LogP contribution in [-0.4, -0.2) is 36.0 Å². The van der Waals surface area contributed by atoms with Crippen molar-refractivity contribution in [3.05, 3.63) is 52.8 Å². The molecule has 1 aromatic heterocycles. The van der Waals surface area contributed by atoms with Gasteiger partial charge in [0.05, 0.1) is 11.6 Å². The number of aryl methyl sites for hydroxylation is 1. The molecule has 1 heterocycles. The molecule has 2 aromatic rings. The number of aromatic amines is 1. The Labute approximate surface area is 123 Å². The van der Waals surface area contributed by atoms with Crippen molar-refractivity contribution in [3.63, 3.8) is 0 Å². The summed E-state index contributed by atoms with van der Waals surface area (Å²) in [7, 11) is 1.73. The molecule has 0 atom stereocenters. The first kappa shape index (κ1) is 14.5. The van der Waals surface area contributed by atoms with Gasteiger partial charge in [-0.25, -0.2) is 0 Å². The second-order valence-corrected chi connectivity index (χ2v) is 5.06. The van der Waals surface area contributed by atoms with Crippen molar-refractivity contribution < 1.29 is 9.53 Å². The van der Waals surface area contributed by atoms with E-state index in [1.807, 2.05) is 31.2 Å². The van der Waals surface area contributed by atoms with Crippen LogP contribution in [0.3, 0.4) is 0 Å². The molecule has 4 nitrogen and oxygen atoms in total. The van der Waals surface area contributed by atoms with E-state index in [2.05, 4.69) is 4.98 Å². The van der Waals surface area contributed by atoms with Gasteiger partial charge >= 0.3 is 0 Å². The first-order valence-electron chi connectivity index (χ1n) is 6.35. The summed E-state index contributed by atoms with van der Waals surface area (Å²) in [5.74, 6) is 0.698. The van der Waals surface area contributed by atoms with Crippen molar-refractivity contribution in [2.75, 3.05) is 20.2 Å². The summed E-state index contributed by atoms with van der Waals surface area (Å²) in [5.41, 5.74) is 1.67. The van der Waals surface area contributed by atoms with Gasteiger partial charge in [-0.3, -0.25) is 4.79 Å². The van der Waals surface area contributed by atoms with E-state index in [9.17, 15) is 4.79 Å². The highest BCUT2D eigenvalue weighted by Gasteiger charge is 2.13. The molecule has 0 radical (unpaired) electrons. The number of nitrogens with one attached hydrogen (secondary N) is 1. The number of hydrogen-bond acceptors (Lipinski definition) is 2. The third-order valence-electron chi connectivity index (χ3n) is 2.94. The summed E-state index contributed by atoms with van der Waals surface area (Å²) in [6.45, 7) is 2.97. The van der Waals surface area contributed by atoms with Crippen LogP contribution in [-0.2, 0) is 0 Å². The fraction of sp³-hybridized carbons (Fsp3) is 0.267. The van der Waals surface area contributed by atoms with Crippen molar-refractivity contribution in [1.82, 2.24) is 9.88 Å². The first-order chi connectivity index (χ1) is 9.56. The zero-order chi connectivity index (χ0) is 14.5. The van der Waals surface area contributed by atoms with Crippen LogP contribution in [0.25, 0.3) is 0 Å². The van der Waals surface area contributed by atoms with Crippen LogP contribution in [0.4, 0.5) is 0 Å². The van der Waals surface area contributed by atoms with Crippen LogP contribution in [0, 0.1) is 6.92 Å². The van der Waals surface area contributed by atoms with Gasteiger partial charge in [-0.05, 0) is 25.1 Å². The zero-order valence-electron chi connectivity index (χ0n) is 11.5. The molecule has 0 saturated carbocycles. The molecule has 106 valence electrons. The minimum atomic E-state index is -0.107. The maximum atomic E-state index is 12.0. The molecule has 5 heteroatoms. The Morgan fingerprint density at radius 3 is 2.65 bits per heavy atom. The molecule has 0 aliphatic carbocycles. The maximum Gasteiger partial charge on any atom is 0.270 e. The number of amides is 1. The largest absolute Gasteiger partial charge is 0.492 e. The van der Waals surface area contributed by atoms with E-state index in [1.54, 1.807) is 24.2 Å². The minimum absolute atomic E-state index is 0.107. The summed E-state index contributed by atoms with van der Waals surface area (Å²) in [6, 6.07) is 9.43. The third kappa shape index (κ3) is 3.78. The van der Waals surface area contributed by atoms with Crippen molar-refractivity contribution in [2.45, 2.75) is 6.92 Å². The normalized spacial score (nSPS) is 10.3. The fourth-order valence-corrected chi connectivity index (χ4v) is 1.90. The SMILES string of the molecule is Cc1ccc(OCCN(C)C(=O)c2cc(Cl)c[nH]2)cc1. The highest BCUT2D eigenvalue weighted by Crippen LogP contribution is 2.12. The smallest absolute Gasteiger partial charge is 0.270 e. The number of carbonyl (C=O) groups is 1. The van der Waals surface area contributed by atoms with Gasteiger partial charge < -0.3 is 14.6 Å². The van der Waals surface area contributed by atoms with Crippen LogP contribution in [0.2, 0.25) is 5.02 Å². The van der Waals surface area contributed by atoms with Gasteiger partial charge in [0, 0.05) is 13.2 Å². The summed E-state index contributed by atoms with van der Waals surface area (Å²) in [6.07, 6.45) is 1.59. The van der Waals surface area contributed by atoms with Crippen molar-refractivity contribution in [1.29, 1.82) is 0 Å². The number of halogens is 1. The molecule has 0 aliphatic heterocycles.